The maximum atomic E-state index is 13.6. The van der Waals surface area contributed by atoms with Gasteiger partial charge in [-0.25, -0.2) is 4.39 Å². The van der Waals surface area contributed by atoms with Crippen LogP contribution in [0.25, 0.3) is 0 Å². The zero-order chi connectivity index (χ0) is 15.5. The Hall–Kier alpha value is -2.15. The lowest BCUT2D eigenvalue weighted by Crippen LogP contribution is -2.22. The molecule has 0 unspecified atom stereocenters. The maximum absolute atomic E-state index is 13.6. The van der Waals surface area contributed by atoms with Gasteiger partial charge < -0.3 is 5.73 Å². The molecule has 0 aromatic heterocycles. The number of alkyl halides is 3. The van der Waals surface area contributed by atoms with Gasteiger partial charge in [0.25, 0.3) is 0 Å². The highest BCUT2D eigenvalue weighted by Crippen LogP contribution is 2.38. The molecular weight excluding hydrogens is 346 g/mol. The molecule has 0 aliphatic rings. The number of benzene rings is 1. The Morgan fingerprint density at radius 1 is 1.45 bits per heavy atom. The number of nitrogens with two attached hydrogens (primary N) is 1. The predicted octanol–water partition coefficient (Wildman–Crippen LogP) is 2.83. The molecule has 0 bridgehead atoms. The summed E-state index contributed by atoms with van der Waals surface area (Å²) >= 11 is 2.75. The number of amidine groups is 1. The lowest BCUT2D eigenvalue weighted by Gasteiger charge is -2.13. The number of hydrogen-bond acceptors (Lipinski definition) is 4. The summed E-state index contributed by atoms with van der Waals surface area (Å²) in [6.07, 6.45) is -4.83. The maximum Gasteiger partial charge on any atom is 0.418 e. The van der Waals surface area contributed by atoms with Crippen LogP contribution < -0.4 is 11.2 Å². The minimum absolute atomic E-state index is 0.107. The Labute approximate surface area is 118 Å². The van der Waals surface area contributed by atoms with Gasteiger partial charge in [-0.05, 0) is 12.1 Å². The number of nitrogens with one attached hydrogen (secondary N) is 2. The second-order valence-corrected chi connectivity index (χ2v) is 4.32. The second-order valence-electron chi connectivity index (χ2n) is 3.41. The van der Waals surface area contributed by atoms with Crippen LogP contribution in [0.15, 0.2) is 21.7 Å². The van der Waals surface area contributed by atoms with E-state index in [0.717, 1.165) is 6.07 Å². The van der Waals surface area contributed by atoms with Gasteiger partial charge in [-0.1, -0.05) is 15.9 Å². The fourth-order valence-electron chi connectivity index (χ4n) is 1.17. The van der Waals surface area contributed by atoms with Crippen LogP contribution in [0.5, 0.6) is 0 Å². The third-order valence-corrected chi connectivity index (χ3v) is 2.46. The van der Waals surface area contributed by atoms with Gasteiger partial charge in [-0.3, -0.25) is 10.8 Å². The molecule has 10 heteroatoms. The molecule has 0 atom stereocenters. The van der Waals surface area contributed by atoms with Gasteiger partial charge in [0.15, 0.2) is 5.84 Å². The van der Waals surface area contributed by atoms with Gasteiger partial charge in [0.05, 0.1) is 5.56 Å². The fourth-order valence-corrected chi connectivity index (χ4v) is 1.60. The number of hydrogen-bond donors (Lipinski definition) is 3. The van der Waals surface area contributed by atoms with E-state index in [1.807, 2.05) is 0 Å². The van der Waals surface area contributed by atoms with Gasteiger partial charge in [-0.15, -0.1) is 0 Å². The highest BCUT2D eigenvalue weighted by molar-refractivity contribution is 9.10. The summed E-state index contributed by atoms with van der Waals surface area (Å²) in [4.78, 5) is 0. The molecule has 0 spiro atoms. The molecule has 20 heavy (non-hydrogen) atoms. The van der Waals surface area contributed by atoms with Crippen molar-refractivity contribution >= 4 is 33.2 Å². The van der Waals surface area contributed by atoms with E-state index in [4.69, 9.17) is 16.4 Å². The van der Waals surface area contributed by atoms with Gasteiger partial charge in [-0.2, -0.15) is 23.5 Å². The van der Waals surface area contributed by atoms with Crippen LogP contribution >= 0.6 is 15.9 Å². The monoisotopic (exact) mass is 351 g/mol. The average Bonchev–Trinajstić information content (AvgIpc) is 2.29. The number of nitrogens with zero attached hydrogens (tertiary/aromatic N) is 2. The molecule has 0 saturated heterocycles. The van der Waals surface area contributed by atoms with E-state index in [1.54, 1.807) is 5.43 Å². The zero-order valence-electron chi connectivity index (χ0n) is 9.52. The van der Waals surface area contributed by atoms with E-state index in [-0.39, 0.29) is 4.47 Å². The second kappa shape index (κ2) is 5.87. The van der Waals surface area contributed by atoms with E-state index < -0.39 is 34.8 Å². The van der Waals surface area contributed by atoms with E-state index in [2.05, 4.69) is 21.0 Å². The van der Waals surface area contributed by atoms with Gasteiger partial charge in [0, 0.05) is 4.47 Å². The number of halogens is 5. The molecule has 1 rings (SSSR count). The molecule has 106 valence electrons. The van der Waals surface area contributed by atoms with Gasteiger partial charge in [0.1, 0.15) is 17.6 Å². The molecular formula is C10H6BrF4N5. The van der Waals surface area contributed by atoms with Crippen LogP contribution in [-0.4, -0.2) is 11.5 Å². The molecule has 0 aliphatic heterocycles. The highest BCUT2D eigenvalue weighted by atomic mass is 79.9. The Bertz CT molecular complexity index is 617. The largest absolute Gasteiger partial charge is 0.418 e. The van der Waals surface area contributed by atoms with Crippen molar-refractivity contribution < 1.29 is 17.6 Å². The molecule has 0 fully saturated rings. The van der Waals surface area contributed by atoms with Crippen molar-refractivity contribution in [1.82, 2.24) is 0 Å². The smallest absolute Gasteiger partial charge is 0.382 e. The van der Waals surface area contributed by atoms with Crippen LogP contribution in [0.1, 0.15) is 5.56 Å². The van der Waals surface area contributed by atoms with Crippen molar-refractivity contribution in [2.45, 2.75) is 6.18 Å². The van der Waals surface area contributed by atoms with Crippen LogP contribution in [0.2, 0.25) is 0 Å². The Balaban J connectivity index is 3.32. The predicted molar refractivity (Wildman–Crippen MR) is 67.7 cm³/mol. The summed E-state index contributed by atoms with van der Waals surface area (Å²) in [7, 11) is 0. The van der Waals surface area contributed by atoms with E-state index in [0.29, 0.717) is 6.07 Å². The zero-order valence-corrected chi connectivity index (χ0v) is 11.1. The molecule has 1 aromatic carbocycles. The Morgan fingerprint density at radius 2 is 2.05 bits per heavy atom. The molecule has 0 radical (unpaired) electrons. The highest BCUT2D eigenvalue weighted by Gasteiger charge is 2.35. The topological polar surface area (TPSA) is 98.0 Å². The summed E-state index contributed by atoms with van der Waals surface area (Å²) < 4.78 is 51.8. The first-order valence-corrected chi connectivity index (χ1v) is 5.60. The first-order valence-electron chi connectivity index (χ1n) is 4.81. The van der Waals surface area contributed by atoms with Crippen molar-refractivity contribution in [1.29, 1.82) is 10.7 Å². The van der Waals surface area contributed by atoms with Crippen molar-refractivity contribution in [3.63, 3.8) is 0 Å². The Morgan fingerprint density at radius 3 is 2.50 bits per heavy atom. The number of hydrazone groups is 1. The minimum Gasteiger partial charge on any atom is -0.382 e. The number of nitriles is 1. The third-order valence-electron chi connectivity index (χ3n) is 2.00. The lowest BCUT2D eigenvalue weighted by atomic mass is 10.1. The SMILES string of the molecule is N#C/C(=N\Nc1c(F)cc(Br)cc1C(F)(F)F)C(=N)N. The van der Waals surface area contributed by atoms with Crippen molar-refractivity contribution in [2.24, 2.45) is 10.8 Å². The van der Waals surface area contributed by atoms with Crippen molar-refractivity contribution in [3.05, 3.63) is 28.0 Å². The normalized spacial score (nSPS) is 11.9. The first-order chi connectivity index (χ1) is 9.16. The fraction of sp³-hybridized carbons (Fsp3) is 0.100. The lowest BCUT2D eigenvalue weighted by molar-refractivity contribution is -0.137. The summed E-state index contributed by atoms with van der Waals surface area (Å²) in [6, 6.07) is 2.84. The standard InChI is InChI=1S/C10H6BrF4N5/c11-4-1-5(10(13,14)15)8(6(12)2-4)20-19-7(3-16)9(17)18/h1-2,20H,(H3,17,18)/b19-7+. The quantitative estimate of drug-likeness (QED) is 0.338. The van der Waals surface area contributed by atoms with Crippen LogP contribution in [0.3, 0.4) is 0 Å². The summed E-state index contributed by atoms with van der Waals surface area (Å²) in [5.74, 6) is -1.98. The summed E-state index contributed by atoms with van der Waals surface area (Å²) in [5.41, 5.74) is 3.80. The number of rotatable bonds is 3. The third kappa shape index (κ3) is 3.67. The molecule has 1 aromatic rings. The van der Waals surface area contributed by atoms with Crippen molar-refractivity contribution in [3.8, 4) is 6.07 Å². The molecule has 5 nitrogen and oxygen atoms in total. The van der Waals surface area contributed by atoms with E-state index in [9.17, 15) is 17.6 Å². The van der Waals surface area contributed by atoms with Crippen LogP contribution in [0, 0.1) is 22.6 Å². The summed E-state index contributed by atoms with van der Waals surface area (Å²) in [5, 5.41) is 18.7. The van der Waals surface area contributed by atoms with Crippen LogP contribution in [0.4, 0.5) is 23.2 Å². The van der Waals surface area contributed by atoms with Crippen LogP contribution in [-0.2, 0) is 6.18 Å². The number of anilines is 1. The van der Waals surface area contributed by atoms with E-state index in [1.165, 1.54) is 6.07 Å². The van der Waals surface area contributed by atoms with Gasteiger partial charge in [0.2, 0.25) is 5.71 Å². The Kier molecular flexibility index (Phi) is 4.67. The molecule has 0 heterocycles. The molecule has 0 amide bonds. The first kappa shape index (κ1) is 15.9. The van der Waals surface area contributed by atoms with E-state index >= 15 is 0 Å². The summed E-state index contributed by atoms with van der Waals surface area (Å²) in [6.45, 7) is 0. The van der Waals surface area contributed by atoms with Gasteiger partial charge >= 0.3 is 6.18 Å². The molecule has 0 aliphatic carbocycles. The minimum atomic E-state index is -4.83. The average molecular weight is 352 g/mol. The van der Waals surface area contributed by atoms with Crippen molar-refractivity contribution in [2.75, 3.05) is 5.43 Å². The molecule has 0 saturated carbocycles. The molecule has 4 N–H and O–H groups in total.